The largest absolute Gasteiger partial charge is 0.422 e. The molecule has 2 nitrogen and oxygen atoms in total. The van der Waals surface area contributed by atoms with E-state index in [2.05, 4.69) is 0 Å². The van der Waals surface area contributed by atoms with Crippen molar-refractivity contribution >= 4 is 41.0 Å². The summed E-state index contributed by atoms with van der Waals surface area (Å²) in [6.45, 7) is 0. The van der Waals surface area contributed by atoms with Crippen molar-refractivity contribution in [3.05, 3.63) is 81.4 Å². The molecule has 0 bridgehead atoms. The SMILES string of the molecule is O=C1OC(c2ccccc2)=C/C1=C/c1c(Cl)cccc1Cl. The highest BCUT2D eigenvalue weighted by atomic mass is 35.5. The molecule has 1 aliphatic heterocycles. The molecule has 104 valence electrons. The maximum Gasteiger partial charge on any atom is 0.343 e. The van der Waals surface area contributed by atoms with Crippen LogP contribution in [0.1, 0.15) is 11.1 Å². The molecule has 0 amide bonds. The summed E-state index contributed by atoms with van der Waals surface area (Å²) in [5, 5.41) is 0.980. The van der Waals surface area contributed by atoms with Crippen LogP contribution in [0.3, 0.4) is 0 Å². The van der Waals surface area contributed by atoms with Crippen molar-refractivity contribution in [2.75, 3.05) is 0 Å². The Bertz CT molecular complexity index is 741. The standard InChI is InChI=1S/C17H10Cl2O2/c18-14-7-4-8-15(19)13(14)9-12-10-16(21-17(12)20)11-5-2-1-3-6-11/h1-10H/b12-9-. The monoisotopic (exact) mass is 316 g/mol. The Morgan fingerprint density at radius 2 is 1.57 bits per heavy atom. The summed E-state index contributed by atoms with van der Waals surface area (Å²) in [6.07, 6.45) is 3.33. The lowest BCUT2D eigenvalue weighted by atomic mass is 10.1. The zero-order chi connectivity index (χ0) is 14.8. The zero-order valence-electron chi connectivity index (χ0n) is 10.8. The predicted octanol–water partition coefficient (Wildman–Crippen LogP) is 4.97. The van der Waals surface area contributed by atoms with Crippen molar-refractivity contribution < 1.29 is 9.53 Å². The van der Waals surface area contributed by atoms with Gasteiger partial charge in [-0.25, -0.2) is 4.79 Å². The number of rotatable bonds is 2. The number of cyclic esters (lactones) is 1. The molecule has 0 fully saturated rings. The van der Waals surface area contributed by atoms with Gasteiger partial charge in [0, 0.05) is 21.2 Å². The van der Waals surface area contributed by atoms with Gasteiger partial charge in [0.25, 0.3) is 0 Å². The Morgan fingerprint density at radius 3 is 2.24 bits per heavy atom. The number of esters is 1. The van der Waals surface area contributed by atoms with Gasteiger partial charge in [0.15, 0.2) is 0 Å². The van der Waals surface area contributed by atoms with E-state index in [1.54, 1.807) is 30.4 Å². The number of carbonyl (C=O) groups excluding carboxylic acids is 1. The van der Waals surface area contributed by atoms with E-state index in [-0.39, 0.29) is 0 Å². The van der Waals surface area contributed by atoms with Crippen molar-refractivity contribution in [1.82, 2.24) is 0 Å². The van der Waals surface area contributed by atoms with Crippen LogP contribution in [0.15, 0.2) is 60.2 Å². The number of halogens is 2. The van der Waals surface area contributed by atoms with Crippen LogP contribution in [0, 0.1) is 0 Å². The van der Waals surface area contributed by atoms with Gasteiger partial charge in [-0.2, -0.15) is 0 Å². The van der Waals surface area contributed by atoms with Crippen molar-refractivity contribution in [1.29, 1.82) is 0 Å². The maximum atomic E-state index is 12.0. The Labute approximate surface area is 132 Å². The third kappa shape index (κ3) is 2.87. The number of hydrogen-bond donors (Lipinski definition) is 0. The third-order valence-electron chi connectivity index (χ3n) is 3.08. The van der Waals surface area contributed by atoms with Crippen LogP contribution in [0.4, 0.5) is 0 Å². The van der Waals surface area contributed by atoms with E-state index in [0.717, 1.165) is 5.56 Å². The average Bonchev–Trinajstić information content (AvgIpc) is 2.85. The van der Waals surface area contributed by atoms with Gasteiger partial charge in [0.1, 0.15) is 5.76 Å². The van der Waals surface area contributed by atoms with Gasteiger partial charge in [-0.05, 0) is 24.3 Å². The van der Waals surface area contributed by atoms with E-state index in [4.69, 9.17) is 27.9 Å². The van der Waals surface area contributed by atoms with Gasteiger partial charge >= 0.3 is 5.97 Å². The summed E-state index contributed by atoms with van der Waals surface area (Å²) in [7, 11) is 0. The molecule has 0 spiro atoms. The van der Waals surface area contributed by atoms with E-state index < -0.39 is 5.97 Å². The van der Waals surface area contributed by atoms with Gasteiger partial charge in [-0.1, -0.05) is 59.6 Å². The normalized spacial score (nSPS) is 16.0. The summed E-state index contributed by atoms with van der Waals surface area (Å²) >= 11 is 12.2. The maximum absolute atomic E-state index is 12.0. The molecule has 3 rings (SSSR count). The lowest BCUT2D eigenvalue weighted by molar-refractivity contribution is -0.130. The highest BCUT2D eigenvalue weighted by Crippen LogP contribution is 2.31. The smallest absolute Gasteiger partial charge is 0.343 e. The molecule has 0 unspecified atom stereocenters. The van der Waals surface area contributed by atoms with Crippen LogP contribution in [-0.4, -0.2) is 5.97 Å². The fourth-order valence-electron chi connectivity index (χ4n) is 2.04. The quantitative estimate of drug-likeness (QED) is 0.577. The lowest BCUT2D eigenvalue weighted by Crippen LogP contribution is -1.97. The average molecular weight is 317 g/mol. The molecule has 2 aromatic rings. The Hall–Kier alpha value is -2.03. The minimum absolute atomic E-state index is 0.412. The van der Waals surface area contributed by atoms with Gasteiger partial charge in [-0.3, -0.25) is 0 Å². The predicted molar refractivity (Wildman–Crippen MR) is 85.0 cm³/mol. The van der Waals surface area contributed by atoms with E-state index >= 15 is 0 Å². The molecule has 0 saturated heterocycles. The Morgan fingerprint density at radius 1 is 0.905 bits per heavy atom. The summed E-state index contributed by atoms with van der Waals surface area (Å²) in [5.74, 6) is 0.111. The van der Waals surface area contributed by atoms with Crippen molar-refractivity contribution in [3.8, 4) is 0 Å². The fourth-order valence-corrected chi connectivity index (χ4v) is 2.54. The molecular formula is C17H10Cl2O2. The fraction of sp³-hybridized carbons (Fsp3) is 0. The molecule has 0 aromatic heterocycles. The first kappa shape index (κ1) is 13.9. The lowest BCUT2D eigenvalue weighted by Gasteiger charge is -2.01. The van der Waals surface area contributed by atoms with Gasteiger partial charge < -0.3 is 4.74 Å². The van der Waals surface area contributed by atoms with Crippen molar-refractivity contribution in [3.63, 3.8) is 0 Å². The summed E-state index contributed by atoms with van der Waals surface area (Å²) in [5.41, 5.74) is 1.88. The van der Waals surface area contributed by atoms with Crippen LogP contribution in [0.5, 0.6) is 0 Å². The minimum Gasteiger partial charge on any atom is -0.422 e. The highest BCUT2D eigenvalue weighted by Gasteiger charge is 2.22. The third-order valence-corrected chi connectivity index (χ3v) is 3.74. The number of carbonyl (C=O) groups is 1. The first-order valence-electron chi connectivity index (χ1n) is 6.30. The topological polar surface area (TPSA) is 26.3 Å². The molecule has 0 aliphatic carbocycles. The van der Waals surface area contributed by atoms with Crippen molar-refractivity contribution in [2.24, 2.45) is 0 Å². The second-order valence-electron chi connectivity index (χ2n) is 4.50. The summed E-state index contributed by atoms with van der Waals surface area (Å²) in [6, 6.07) is 14.6. The molecule has 2 aromatic carbocycles. The van der Waals surface area contributed by atoms with Crippen molar-refractivity contribution in [2.45, 2.75) is 0 Å². The molecular weight excluding hydrogens is 307 g/mol. The zero-order valence-corrected chi connectivity index (χ0v) is 12.4. The minimum atomic E-state index is -0.412. The first-order chi connectivity index (χ1) is 10.1. The molecule has 21 heavy (non-hydrogen) atoms. The van der Waals surface area contributed by atoms with Crippen LogP contribution in [0.25, 0.3) is 11.8 Å². The first-order valence-corrected chi connectivity index (χ1v) is 7.06. The molecule has 0 radical (unpaired) electrons. The summed E-state index contributed by atoms with van der Waals surface area (Å²) in [4.78, 5) is 12.0. The number of benzene rings is 2. The van der Waals surface area contributed by atoms with Crippen LogP contribution in [-0.2, 0) is 9.53 Å². The van der Waals surface area contributed by atoms with Gasteiger partial charge in [0.2, 0.25) is 0 Å². The van der Waals surface area contributed by atoms with E-state index in [0.29, 0.717) is 26.9 Å². The van der Waals surface area contributed by atoms with E-state index in [9.17, 15) is 4.79 Å². The number of ether oxygens (including phenoxy) is 1. The van der Waals surface area contributed by atoms with Gasteiger partial charge in [0.05, 0.1) is 5.57 Å². The second-order valence-corrected chi connectivity index (χ2v) is 5.31. The highest BCUT2D eigenvalue weighted by molar-refractivity contribution is 6.37. The Balaban J connectivity index is 2.01. The second kappa shape index (κ2) is 5.76. The summed E-state index contributed by atoms with van der Waals surface area (Å²) < 4.78 is 5.28. The molecule has 0 saturated carbocycles. The molecule has 0 atom stereocenters. The van der Waals surface area contributed by atoms with E-state index in [1.165, 1.54) is 0 Å². The molecule has 4 heteroatoms. The van der Waals surface area contributed by atoms with Crippen LogP contribution in [0.2, 0.25) is 10.0 Å². The van der Waals surface area contributed by atoms with Crippen LogP contribution < -0.4 is 0 Å². The number of hydrogen-bond acceptors (Lipinski definition) is 2. The molecule has 1 heterocycles. The van der Waals surface area contributed by atoms with E-state index in [1.807, 2.05) is 30.3 Å². The Kier molecular flexibility index (Phi) is 3.82. The molecule has 1 aliphatic rings. The molecule has 0 N–H and O–H groups in total. The van der Waals surface area contributed by atoms with Crippen LogP contribution >= 0.6 is 23.2 Å². The van der Waals surface area contributed by atoms with Gasteiger partial charge in [-0.15, -0.1) is 0 Å².